The van der Waals surface area contributed by atoms with Crippen molar-refractivity contribution < 1.29 is 38.1 Å². The van der Waals surface area contributed by atoms with Gasteiger partial charge < -0.3 is 29.9 Å². The van der Waals surface area contributed by atoms with Gasteiger partial charge in [-0.15, -0.1) is 0 Å². The highest BCUT2D eigenvalue weighted by Gasteiger charge is 2.56. The van der Waals surface area contributed by atoms with E-state index in [1.165, 1.54) is 25.1 Å². The number of nitrogens with one attached hydrogen (secondary N) is 1. The molecule has 0 aliphatic carbocycles. The van der Waals surface area contributed by atoms with E-state index in [0.717, 1.165) is 16.3 Å². The number of aliphatic hydroxyl groups is 2. The summed E-state index contributed by atoms with van der Waals surface area (Å²) in [5.41, 5.74) is 12.2. The molecule has 0 radical (unpaired) electrons. The maximum absolute atomic E-state index is 14.0. The molecule has 5 N–H and O–H groups in total. The second-order valence-corrected chi connectivity index (χ2v) is 11.9. The SMILES string of the molecule is C[C@H](NP(=O)(OCC1(N=[N+]=[N-])O[C@@H](n2ccc(N)nc2=O)[C@H](O)[C@@H]1O)Oc1ccc(Br)cc1)C(=O)OCc1ccccc1. The highest BCUT2D eigenvalue weighted by Crippen LogP contribution is 2.48. The van der Waals surface area contributed by atoms with Gasteiger partial charge in [0.2, 0.25) is 5.72 Å². The number of nitrogens with zero attached hydrogens (tertiary/aromatic N) is 5. The third kappa shape index (κ3) is 7.79. The molecule has 18 heteroatoms. The van der Waals surface area contributed by atoms with Crippen molar-refractivity contribution in [3.8, 4) is 5.75 Å². The minimum atomic E-state index is -4.55. The number of anilines is 1. The molecule has 2 aromatic carbocycles. The fourth-order valence-corrected chi connectivity index (χ4v) is 5.74. The first-order chi connectivity index (χ1) is 20.4. The number of nitrogens with two attached hydrogens (primary N) is 1. The standard InChI is InChI=1S/C25H27BrN7O9P/c1-15(23(36)39-13-16-5-3-2-4-6-16)30-43(38,42-18-9-7-17(26)8-10-18)40-14-25(31-32-28)21(35)20(34)22(41-25)33-12-11-19(27)29-24(33)37/h2-12,15,20-22,34-35H,13-14H2,1H3,(H,30,38)(H2,27,29,37)/t15-,20+,21-,22+,25?,43?/m0/s1. The summed E-state index contributed by atoms with van der Waals surface area (Å²) >= 11 is 3.28. The maximum atomic E-state index is 14.0. The average Bonchev–Trinajstić information content (AvgIpc) is 3.22. The number of carbonyl (C=O) groups is 1. The molecule has 1 aliphatic rings. The van der Waals surface area contributed by atoms with E-state index in [1.54, 1.807) is 36.4 Å². The second-order valence-electron chi connectivity index (χ2n) is 9.28. The summed E-state index contributed by atoms with van der Waals surface area (Å²) in [5, 5.41) is 27.5. The molecule has 1 aromatic heterocycles. The number of hydrogen-bond donors (Lipinski definition) is 4. The summed E-state index contributed by atoms with van der Waals surface area (Å²) in [5.74, 6) is -0.834. The zero-order valence-electron chi connectivity index (χ0n) is 22.5. The zero-order valence-corrected chi connectivity index (χ0v) is 24.9. The van der Waals surface area contributed by atoms with Crippen LogP contribution in [0.2, 0.25) is 0 Å². The Bertz CT molecular complexity index is 1590. The van der Waals surface area contributed by atoms with Gasteiger partial charge in [-0.3, -0.25) is 13.9 Å². The van der Waals surface area contributed by atoms with Crippen molar-refractivity contribution in [2.45, 2.75) is 43.7 Å². The lowest BCUT2D eigenvalue weighted by Gasteiger charge is -2.29. The van der Waals surface area contributed by atoms with E-state index in [9.17, 15) is 29.9 Å². The van der Waals surface area contributed by atoms with Gasteiger partial charge in [0, 0.05) is 15.6 Å². The first-order valence-corrected chi connectivity index (χ1v) is 14.9. The molecule has 1 aliphatic heterocycles. The number of esters is 1. The lowest BCUT2D eigenvalue weighted by Crippen LogP contribution is -2.45. The van der Waals surface area contributed by atoms with E-state index in [0.29, 0.717) is 4.47 Å². The number of aromatic nitrogens is 2. The van der Waals surface area contributed by atoms with Crippen LogP contribution in [0, 0.1) is 0 Å². The normalized spacial score (nSPS) is 23.5. The summed E-state index contributed by atoms with van der Waals surface area (Å²) in [6.45, 7) is 0.345. The fraction of sp³-hybridized carbons (Fsp3) is 0.320. The number of benzene rings is 2. The van der Waals surface area contributed by atoms with Gasteiger partial charge in [0.1, 0.15) is 36.4 Å². The molecule has 43 heavy (non-hydrogen) atoms. The molecule has 0 saturated carbocycles. The Hall–Kier alpha value is -3.79. The van der Waals surface area contributed by atoms with E-state index < -0.39 is 56.2 Å². The lowest BCUT2D eigenvalue weighted by atomic mass is 10.1. The number of aliphatic hydroxyl groups excluding tert-OH is 2. The second kappa shape index (κ2) is 13.7. The Balaban J connectivity index is 1.57. The number of nitrogen functional groups attached to an aromatic ring is 1. The Morgan fingerprint density at radius 3 is 2.63 bits per heavy atom. The van der Waals surface area contributed by atoms with Crippen molar-refractivity contribution in [1.82, 2.24) is 14.6 Å². The van der Waals surface area contributed by atoms with Crippen molar-refractivity contribution >= 4 is 35.5 Å². The first-order valence-electron chi connectivity index (χ1n) is 12.6. The van der Waals surface area contributed by atoms with Crippen LogP contribution in [-0.4, -0.2) is 56.3 Å². The smallest absolute Gasteiger partial charge is 0.459 e. The highest BCUT2D eigenvalue weighted by molar-refractivity contribution is 9.10. The summed E-state index contributed by atoms with van der Waals surface area (Å²) in [4.78, 5) is 31.3. The molecular formula is C25H27BrN7O9P. The van der Waals surface area contributed by atoms with Crippen LogP contribution >= 0.6 is 23.7 Å². The molecule has 0 spiro atoms. The van der Waals surface area contributed by atoms with Crippen LogP contribution in [0.15, 0.2) is 81.2 Å². The minimum Gasteiger partial charge on any atom is -0.460 e. The van der Waals surface area contributed by atoms with Gasteiger partial charge in [-0.05, 0) is 48.4 Å². The summed E-state index contributed by atoms with van der Waals surface area (Å²) in [7, 11) is -4.55. The third-order valence-electron chi connectivity index (χ3n) is 6.15. The minimum absolute atomic E-state index is 0.0525. The van der Waals surface area contributed by atoms with Crippen molar-refractivity contribution in [3.63, 3.8) is 0 Å². The van der Waals surface area contributed by atoms with Crippen molar-refractivity contribution in [2.75, 3.05) is 12.3 Å². The molecule has 3 aromatic rings. The molecule has 228 valence electrons. The Morgan fingerprint density at radius 2 is 1.98 bits per heavy atom. The predicted octanol–water partition coefficient (Wildman–Crippen LogP) is 2.77. The lowest BCUT2D eigenvalue weighted by molar-refractivity contribution is -0.146. The molecule has 1 saturated heterocycles. The van der Waals surface area contributed by atoms with E-state index in [4.69, 9.17) is 24.3 Å². The van der Waals surface area contributed by atoms with Crippen LogP contribution in [0.1, 0.15) is 18.7 Å². The van der Waals surface area contributed by atoms with E-state index in [1.807, 2.05) is 6.07 Å². The molecule has 2 heterocycles. The Kier molecular flexibility index (Phi) is 10.2. The van der Waals surface area contributed by atoms with Crippen molar-refractivity contribution in [3.05, 3.63) is 97.8 Å². The number of rotatable bonds is 12. The van der Waals surface area contributed by atoms with E-state index >= 15 is 0 Å². The van der Waals surface area contributed by atoms with Gasteiger partial charge in [-0.1, -0.05) is 51.4 Å². The predicted molar refractivity (Wildman–Crippen MR) is 154 cm³/mol. The highest BCUT2D eigenvalue weighted by atomic mass is 79.9. The maximum Gasteiger partial charge on any atom is 0.459 e. The van der Waals surface area contributed by atoms with Gasteiger partial charge in [0.25, 0.3) is 0 Å². The van der Waals surface area contributed by atoms with Crippen LogP contribution in [-0.2, 0) is 30.0 Å². The van der Waals surface area contributed by atoms with Crippen molar-refractivity contribution in [2.24, 2.45) is 5.11 Å². The molecule has 6 atom stereocenters. The molecule has 4 rings (SSSR count). The third-order valence-corrected chi connectivity index (χ3v) is 8.30. The van der Waals surface area contributed by atoms with Gasteiger partial charge in [0.05, 0.1) is 6.61 Å². The number of halogens is 1. The molecule has 2 unspecified atom stereocenters. The number of azide groups is 1. The van der Waals surface area contributed by atoms with Gasteiger partial charge in [-0.25, -0.2) is 9.36 Å². The van der Waals surface area contributed by atoms with Crippen LogP contribution in [0.25, 0.3) is 10.4 Å². The molecule has 0 amide bonds. The largest absolute Gasteiger partial charge is 0.460 e. The number of hydrogen-bond acceptors (Lipinski definition) is 12. The zero-order chi connectivity index (χ0) is 31.2. The summed E-state index contributed by atoms with van der Waals surface area (Å²) in [6.07, 6.45) is -4.25. The topological polar surface area (TPSA) is 233 Å². The van der Waals surface area contributed by atoms with Gasteiger partial charge in [-0.2, -0.15) is 10.1 Å². The number of ether oxygens (including phenoxy) is 2. The van der Waals surface area contributed by atoms with Crippen LogP contribution in [0.4, 0.5) is 5.82 Å². The molecule has 16 nitrogen and oxygen atoms in total. The quantitative estimate of drug-likeness (QED) is 0.0711. The average molecular weight is 680 g/mol. The van der Waals surface area contributed by atoms with Gasteiger partial charge in [0.15, 0.2) is 6.23 Å². The number of carbonyl (C=O) groups excluding carboxylic acids is 1. The summed E-state index contributed by atoms with van der Waals surface area (Å²) < 4.78 is 37.6. The van der Waals surface area contributed by atoms with E-state index in [2.05, 4.69) is 36.0 Å². The molecule has 0 bridgehead atoms. The van der Waals surface area contributed by atoms with Crippen LogP contribution < -0.4 is 21.0 Å². The molecule has 1 fully saturated rings. The van der Waals surface area contributed by atoms with Gasteiger partial charge >= 0.3 is 19.4 Å². The van der Waals surface area contributed by atoms with Crippen LogP contribution in [0.5, 0.6) is 5.75 Å². The first kappa shape index (κ1) is 32.1. The monoisotopic (exact) mass is 679 g/mol. The van der Waals surface area contributed by atoms with Crippen molar-refractivity contribution in [1.29, 1.82) is 0 Å². The van der Waals surface area contributed by atoms with Crippen LogP contribution in [0.3, 0.4) is 0 Å². The Labute approximate surface area is 252 Å². The molecular weight excluding hydrogens is 653 g/mol. The van der Waals surface area contributed by atoms with E-state index in [-0.39, 0.29) is 18.2 Å². The summed E-state index contributed by atoms with van der Waals surface area (Å²) in [6, 6.07) is 15.0. The fourth-order valence-electron chi connectivity index (χ4n) is 3.96. The Morgan fingerprint density at radius 1 is 1.28 bits per heavy atom.